The van der Waals surface area contributed by atoms with E-state index in [0.29, 0.717) is 29.6 Å². The highest BCUT2D eigenvalue weighted by Crippen LogP contribution is 2.68. The molecule has 0 spiro atoms. The molecule has 3 nitrogen and oxygen atoms in total. The standard InChI is InChI=1S/C27H48O3/c1-4-5-6-7-8-9-10-19-11-12-22-21-17-24(29)27(30)18-20(28)13-16-26(27,3)23(21)14-15-25(19,22)2/h19-24,28-30H,4-18H2,1-3H3/t19-,20-,21-,22-,23-,24+,25+,26+,27-/m0/s1. The largest absolute Gasteiger partial charge is 0.393 e. The van der Waals surface area contributed by atoms with E-state index in [-0.39, 0.29) is 5.41 Å². The maximum atomic E-state index is 11.6. The van der Waals surface area contributed by atoms with Crippen molar-refractivity contribution in [1.29, 1.82) is 0 Å². The summed E-state index contributed by atoms with van der Waals surface area (Å²) in [5.74, 6) is 2.62. The zero-order valence-corrected chi connectivity index (χ0v) is 19.9. The Bertz CT molecular complexity index is 593. The van der Waals surface area contributed by atoms with Gasteiger partial charge in [0.15, 0.2) is 0 Å². The molecule has 4 aliphatic rings. The van der Waals surface area contributed by atoms with Gasteiger partial charge in [-0.25, -0.2) is 0 Å². The summed E-state index contributed by atoms with van der Waals surface area (Å²) in [7, 11) is 0. The Hall–Kier alpha value is -0.120. The Balaban J connectivity index is 1.44. The lowest BCUT2D eigenvalue weighted by atomic mass is 9.42. The van der Waals surface area contributed by atoms with Crippen molar-refractivity contribution in [3.63, 3.8) is 0 Å². The van der Waals surface area contributed by atoms with E-state index in [1.54, 1.807) is 0 Å². The molecule has 4 saturated carbocycles. The first-order valence-electron chi connectivity index (χ1n) is 13.3. The maximum Gasteiger partial charge on any atom is 0.0985 e. The van der Waals surface area contributed by atoms with Crippen molar-refractivity contribution in [3.8, 4) is 0 Å². The first kappa shape index (κ1) is 23.1. The van der Waals surface area contributed by atoms with Crippen LogP contribution in [0.15, 0.2) is 0 Å². The Morgan fingerprint density at radius 3 is 2.33 bits per heavy atom. The summed E-state index contributed by atoms with van der Waals surface area (Å²) >= 11 is 0. The van der Waals surface area contributed by atoms with Crippen LogP contribution in [0.25, 0.3) is 0 Å². The lowest BCUT2D eigenvalue weighted by Gasteiger charge is -2.65. The Labute approximate surface area is 185 Å². The molecule has 0 unspecified atom stereocenters. The predicted octanol–water partition coefficient (Wildman–Crippen LogP) is 5.84. The van der Waals surface area contributed by atoms with Gasteiger partial charge in [0.25, 0.3) is 0 Å². The molecule has 30 heavy (non-hydrogen) atoms. The first-order valence-corrected chi connectivity index (χ1v) is 13.3. The van der Waals surface area contributed by atoms with Crippen LogP contribution in [0.4, 0.5) is 0 Å². The van der Waals surface area contributed by atoms with E-state index < -0.39 is 17.8 Å². The molecule has 3 N–H and O–H groups in total. The minimum atomic E-state index is -1.10. The highest BCUT2D eigenvalue weighted by Gasteiger charge is 2.67. The van der Waals surface area contributed by atoms with Gasteiger partial charge in [-0.05, 0) is 80.5 Å². The number of hydrogen-bond acceptors (Lipinski definition) is 3. The van der Waals surface area contributed by atoms with Crippen molar-refractivity contribution < 1.29 is 15.3 Å². The van der Waals surface area contributed by atoms with Crippen molar-refractivity contribution in [2.24, 2.45) is 34.5 Å². The zero-order chi connectivity index (χ0) is 21.6. The molecule has 0 aliphatic heterocycles. The summed E-state index contributed by atoms with van der Waals surface area (Å²) < 4.78 is 0. The van der Waals surface area contributed by atoms with Gasteiger partial charge in [-0.3, -0.25) is 0 Å². The van der Waals surface area contributed by atoms with E-state index in [1.165, 1.54) is 70.6 Å². The summed E-state index contributed by atoms with van der Waals surface area (Å²) in [6.45, 7) is 7.10. The Morgan fingerprint density at radius 2 is 1.57 bits per heavy atom. The van der Waals surface area contributed by atoms with Gasteiger partial charge in [-0.15, -0.1) is 0 Å². The molecular formula is C27H48O3. The normalized spacial score (nSPS) is 50.6. The van der Waals surface area contributed by atoms with E-state index >= 15 is 0 Å². The maximum absolute atomic E-state index is 11.6. The molecule has 0 amide bonds. The molecule has 4 aliphatic carbocycles. The Kier molecular flexibility index (Phi) is 6.66. The van der Waals surface area contributed by atoms with Gasteiger partial charge in [-0.1, -0.05) is 59.3 Å². The fraction of sp³-hybridized carbons (Fsp3) is 1.00. The van der Waals surface area contributed by atoms with E-state index in [1.807, 2.05) is 0 Å². The summed E-state index contributed by atoms with van der Waals surface area (Å²) in [5.41, 5.74) is -0.909. The summed E-state index contributed by atoms with van der Waals surface area (Å²) in [5, 5.41) is 33.0. The highest BCUT2D eigenvalue weighted by molar-refractivity contribution is 5.16. The molecule has 174 valence electrons. The van der Waals surface area contributed by atoms with Gasteiger partial charge in [0, 0.05) is 11.8 Å². The molecule has 0 bridgehead atoms. The second-order valence-electron chi connectivity index (χ2n) is 12.2. The van der Waals surface area contributed by atoms with Crippen molar-refractivity contribution in [2.45, 2.75) is 135 Å². The first-order chi connectivity index (χ1) is 14.3. The van der Waals surface area contributed by atoms with Crippen LogP contribution in [-0.2, 0) is 0 Å². The van der Waals surface area contributed by atoms with Crippen LogP contribution >= 0.6 is 0 Å². The van der Waals surface area contributed by atoms with E-state index in [9.17, 15) is 15.3 Å². The van der Waals surface area contributed by atoms with E-state index in [0.717, 1.165) is 25.2 Å². The van der Waals surface area contributed by atoms with Crippen LogP contribution in [0.2, 0.25) is 0 Å². The van der Waals surface area contributed by atoms with Gasteiger partial charge in [0.05, 0.1) is 17.8 Å². The zero-order valence-electron chi connectivity index (χ0n) is 19.9. The number of unbranched alkanes of at least 4 members (excludes halogenated alkanes) is 5. The number of aliphatic hydroxyl groups excluding tert-OH is 2. The molecule has 4 fully saturated rings. The van der Waals surface area contributed by atoms with Crippen molar-refractivity contribution in [2.75, 3.05) is 0 Å². The summed E-state index contributed by atoms with van der Waals surface area (Å²) in [6, 6.07) is 0. The summed E-state index contributed by atoms with van der Waals surface area (Å²) in [4.78, 5) is 0. The van der Waals surface area contributed by atoms with Gasteiger partial charge in [0.2, 0.25) is 0 Å². The van der Waals surface area contributed by atoms with Crippen LogP contribution in [0.5, 0.6) is 0 Å². The van der Waals surface area contributed by atoms with Gasteiger partial charge < -0.3 is 15.3 Å². The molecule has 0 aromatic carbocycles. The smallest absolute Gasteiger partial charge is 0.0985 e. The molecule has 0 saturated heterocycles. The second kappa shape index (κ2) is 8.67. The fourth-order valence-electron chi connectivity index (χ4n) is 9.01. The van der Waals surface area contributed by atoms with Crippen LogP contribution in [0.1, 0.15) is 117 Å². The predicted molar refractivity (Wildman–Crippen MR) is 122 cm³/mol. The molecular weight excluding hydrogens is 372 g/mol. The second-order valence-corrected chi connectivity index (χ2v) is 12.2. The molecule has 0 aromatic heterocycles. The van der Waals surface area contributed by atoms with Gasteiger partial charge >= 0.3 is 0 Å². The lowest BCUT2D eigenvalue weighted by molar-refractivity contribution is -0.264. The Morgan fingerprint density at radius 1 is 0.833 bits per heavy atom. The lowest BCUT2D eigenvalue weighted by Crippen LogP contribution is -2.68. The number of fused-ring (bicyclic) bond motifs is 5. The third-order valence-electron chi connectivity index (χ3n) is 10.9. The minimum absolute atomic E-state index is 0.243. The molecule has 3 heteroatoms. The number of hydrogen-bond donors (Lipinski definition) is 3. The number of aliphatic hydroxyl groups is 3. The minimum Gasteiger partial charge on any atom is -0.393 e. The monoisotopic (exact) mass is 420 g/mol. The quantitative estimate of drug-likeness (QED) is 0.453. The molecule has 0 heterocycles. The number of rotatable bonds is 7. The van der Waals surface area contributed by atoms with E-state index in [4.69, 9.17) is 0 Å². The third-order valence-corrected chi connectivity index (χ3v) is 10.9. The highest BCUT2D eigenvalue weighted by atomic mass is 16.3. The average Bonchev–Trinajstić information content (AvgIpc) is 3.04. The van der Waals surface area contributed by atoms with Crippen molar-refractivity contribution >= 4 is 0 Å². The van der Waals surface area contributed by atoms with Crippen molar-refractivity contribution in [1.82, 2.24) is 0 Å². The van der Waals surface area contributed by atoms with Crippen molar-refractivity contribution in [3.05, 3.63) is 0 Å². The topological polar surface area (TPSA) is 60.7 Å². The third kappa shape index (κ3) is 3.59. The van der Waals surface area contributed by atoms with E-state index in [2.05, 4.69) is 20.8 Å². The average molecular weight is 421 g/mol. The molecule has 0 aromatic rings. The molecule has 0 radical (unpaired) electrons. The SMILES string of the molecule is CCCCCCCC[C@H]1CC[C@H]2[C@@H]3C[C@@H](O)[C@@]4(O)C[C@@H](O)CC[C@]4(C)[C@H]3CC[C@]12C. The molecule has 4 rings (SSSR count). The fourth-order valence-corrected chi connectivity index (χ4v) is 9.01. The van der Waals surface area contributed by atoms with Crippen LogP contribution < -0.4 is 0 Å². The van der Waals surface area contributed by atoms with Crippen LogP contribution in [0, 0.1) is 34.5 Å². The van der Waals surface area contributed by atoms with Gasteiger partial charge in [-0.2, -0.15) is 0 Å². The van der Waals surface area contributed by atoms with Gasteiger partial charge in [0.1, 0.15) is 0 Å². The van der Waals surface area contributed by atoms with Crippen LogP contribution in [0.3, 0.4) is 0 Å². The summed E-state index contributed by atoms with van der Waals surface area (Å²) in [6.07, 6.45) is 16.5. The van der Waals surface area contributed by atoms with Crippen LogP contribution in [-0.4, -0.2) is 33.1 Å². The molecule has 9 atom stereocenters.